The van der Waals surface area contributed by atoms with Crippen LogP contribution in [0.1, 0.15) is 30.9 Å². The number of hydrogen-bond donors (Lipinski definition) is 0. The highest BCUT2D eigenvalue weighted by Crippen LogP contribution is 2.23. The molecule has 1 aliphatic heterocycles. The Labute approximate surface area is 115 Å². The van der Waals surface area contributed by atoms with E-state index in [1.165, 1.54) is 5.56 Å². The molecular weight excluding hydrogens is 236 g/mol. The van der Waals surface area contributed by atoms with E-state index >= 15 is 0 Å². The highest BCUT2D eigenvalue weighted by Gasteiger charge is 2.25. The fourth-order valence-electron chi connectivity index (χ4n) is 2.57. The molecule has 0 saturated carbocycles. The largest absolute Gasteiger partial charge is 0.373 e. The summed E-state index contributed by atoms with van der Waals surface area (Å²) in [6.07, 6.45) is 3.87. The molecule has 1 aliphatic rings. The summed E-state index contributed by atoms with van der Waals surface area (Å²) in [4.78, 5) is 2.29. The van der Waals surface area contributed by atoms with Crippen LogP contribution in [0.15, 0.2) is 24.3 Å². The van der Waals surface area contributed by atoms with Gasteiger partial charge in [0, 0.05) is 6.54 Å². The van der Waals surface area contributed by atoms with Crippen molar-refractivity contribution >= 4 is 0 Å². The molecule has 1 aromatic rings. The molecule has 1 heterocycles. The first-order valence-corrected chi connectivity index (χ1v) is 7.04. The van der Waals surface area contributed by atoms with Gasteiger partial charge in [-0.25, -0.2) is 0 Å². The Balaban J connectivity index is 1.86. The van der Waals surface area contributed by atoms with Gasteiger partial charge in [-0.1, -0.05) is 19.1 Å². The van der Waals surface area contributed by atoms with Crippen LogP contribution in [0.25, 0.3) is 0 Å². The molecule has 0 bridgehead atoms. The van der Waals surface area contributed by atoms with Crippen LogP contribution in [0.5, 0.6) is 0 Å². The summed E-state index contributed by atoms with van der Waals surface area (Å²) in [6, 6.07) is 10.0. The maximum Gasteiger partial charge on any atom is 0.0991 e. The molecule has 102 valence electrons. The first-order valence-electron chi connectivity index (χ1n) is 7.04. The summed E-state index contributed by atoms with van der Waals surface area (Å²) in [5.74, 6) is 0. The van der Waals surface area contributed by atoms with Crippen molar-refractivity contribution in [2.75, 3.05) is 20.1 Å². The van der Waals surface area contributed by atoms with Gasteiger partial charge in [0.25, 0.3) is 0 Å². The predicted molar refractivity (Wildman–Crippen MR) is 75.9 cm³/mol. The van der Waals surface area contributed by atoms with Crippen LogP contribution >= 0.6 is 0 Å². The fraction of sp³-hybridized carbons (Fsp3) is 0.562. The van der Waals surface area contributed by atoms with Crippen molar-refractivity contribution in [2.45, 2.75) is 38.4 Å². The topological polar surface area (TPSA) is 36.3 Å². The number of benzene rings is 1. The minimum absolute atomic E-state index is 0.309. The standard InChI is InChI=1S/C16H22N2O/c1-3-18(2)12-16-8-7-15(19-16)10-13-5-4-6-14(9-13)11-17/h4-6,9,15-16H,3,7-8,10,12H2,1-2H3/t15-,16+/m0/s1. The van der Waals surface area contributed by atoms with Crippen LogP contribution in [-0.2, 0) is 11.2 Å². The second-order valence-corrected chi connectivity index (χ2v) is 5.33. The number of rotatable bonds is 5. The average molecular weight is 258 g/mol. The molecule has 0 radical (unpaired) electrons. The third-order valence-corrected chi connectivity index (χ3v) is 3.77. The molecule has 2 rings (SSSR count). The summed E-state index contributed by atoms with van der Waals surface area (Å²) in [6.45, 7) is 4.25. The molecule has 3 heteroatoms. The monoisotopic (exact) mass is 258 g/mol. The lowest BCUT2D eigenvalue weighted by Crippen LogP contribution is -2.29. The Bertz CT molecular complexity index is 452. The van der Waals surface area contributed by atoms with Gasteiger partial charge in [-0.05, 0) is 50.6 Å². The van der Waals surface area contributed by atoms with E-state index in [1.54, 1.807) is 0 Å². The molecule has 0 spiro atoms. The highest BCUT2D eigenvalue weighted by molar-refractivity contribution is 5.33. The highest BCUT2D eigenvalue weighted by atomic mass is 16.5. The van der Waals surface area contributed by atoms with Crippen molar-refractivity contribution in [2.24, 2.45) is 0 Å². The fourth-order valence-corrected chi connectivity index (χ4v) is 2.57. The molecular formula is C16H22N2O. The van der Waals surface area contributed by atoms with Gasteiger partial charge < -0.3 is 9.64 Å². The van der Waals surface area contributed by atoms with Gasteiger partial charge in [-0.15, -0.1) is 0 Å². The van der Waals surface area contributed by atoms with Gasteiger partial charge in [0.1, 0.15) is 0 Å². The van der Waals surface area contributed by atoms with Crippen LogP contribution in [0, 0.1) is 11.3 Å². The van der Waals surface area contributed by atoms with Gasteiger partial charge >= 0.3 is 0 Å². The van der Waals surface area contributed by atoms with E-state index in [-0.39, 0.29) is 0 Å². The van der Waals surface area contributed by atoms with Crippen molar-refractivity contribution < 1.29 is 4.74 Å². The van der Waals surface area contributed by atoms with Crippen molar-refractivity contribution in [3.05, 3.63) is 35.4 Å². The van der Waals surface area contributed by atoms with Crippen molar-refractivity contribution in [3.63, 3.8) is 0 Å². The SMILES string of the molecule is CCN(C)C[C@H]1CC[C@@H](Cc2cccc(C#N)c2)O1. The van der Waals surface area contributed by atoms with E-state index in [0.717, 1.165) is 37.9 Å². The summed E-state index contributed by atoms with van der Waals surface area (Å²) in [5, 5.41) is 8.90. The minimum atomic E-state index is 0.309. The molecule has 0 amide bonds. The van der Waals surface area contributed by atoms with E-state index in [1.807, 2.05) is 18.2 Å². The first kappa shape index (κ1) is 14.0. The molecule has 1 aromatic carbocycles. The Morgan fingerprint density at radius 2 is 2.16 bits per heavy atom. The van der Waals surface area contributed by atoms with Gasteiger partial charge in [0.15, 0.2) is 0 Å². The second kappa shape index (κ2) is 6.70. The number of likely N-dealkylation sites (N-methyl/N-ethyl adjacent to an activating group) is 1. The molecule has 1 fully saturated rings. The zero-order valence-corrected chi connectivity index (χ0v) is 11.8. The van der Waals surface area contributed by atoms with Crippen LogP contribution in [0.2, 0.25) is 0 Å². The minimum Gasteiger partial charge on any atom is -0.373 e. The normalized spacial score (nSPS) is 22.6. The Morgan fingerprint density at radius 1 is 1.37 bits per heavy atom. The summed E-state index contributed by atoms with van der Waals surface area (Å²) >= 11 is 0. The second-order valence-electron chi connectivity index (χ2n) is 5.33. The van der Waals surface area contributed by atoms with Crippen LogP contribution < -0.4 is 0 Å². The van der Waals surface area contributed by atoms with Crippen LogP contribution in [-0.4, -0.2) is 37.2 Å². The average Bonchev–Trinajstić information content (AvgIpc) is 2.86. The maximum atomic E-state index is 8.90. The molecule has 19 heavy (non-hydrogen) atoms. The predicted octanol–water partition coefficient (Wildman–Crippen LogP) is 2.60. The number of ether oxygens (including phenoxy) is 1. The molecule has 0 unspecified atom stereocenters. The van der Waals surface area contributed by atoms with Crippen molar-refractivity contribution in [1.82, 2.24) is 4.90 Å². The molecule has 0 aromatic heterocycles. The van der Waals surface area contributed by atoms with Crippen LogP contribution in [0.3, 0.4) is 0 Å². The number of hydrogen-bond acceptors (Lipinski definition) is 3. The zero-order valence-electron chi connectivity index (χ0n) is 11.8. The van der Waals surface area contributed by atoms with E-state index in [0.29, 0.717) is 12.2 Å². The zero-order chi connectivity index (χ0) is 13.7. The van der Waals surface area contributed by atoms with Gasteiger partial charge in [-0.2, -0.15) is 5.26 Å². The quantitative estimate of drug-likeness (QED) is 0.814. The molecule has 0 aliphatic carbocycles. The van der Waals surface area contributed by atoms with Gasteiger partial charge in [-0.3, -0.25) is 0 Å². The smallest absolute Gasteiger partial charge is 0.0991 e. The van der Waals surface area contributed by atoms with Crippen LogP contribution in [0.4, 0.5) is 0 Å². The third kappa shape index (κ3) is 4.05. The lowest BCUT2D eigenvalue weighted by molar-refractivity contribution is 0.0287. The third-order valence-electron chi connectivity index (χ3n) is 3.77. The molecule has 3 nitrogen and oxygen atoms in total. The Hall–Kier alpha value is -1.37. The van der Waals surface area contributed by atoms with Gasteiger partial charge in [0.2, 0.25) is 0 Å². The Morgan fingerprint density at radius 3 is 2.89 bits per heavy atom. The number of nitrogens with zero attached hydrogens (tertiary/aromatic N) is 2. The maximum absolute atomic E-state index is 8.90. The van der Waals surface area contributed by atoms with Crippen molar-refractivity contribution in [3.8, 4) is 6.07 Å². The molecule has 0 N–H and O–H groups in total. The van der Waals surface area contributed by atoms with Crippen molar-refractivity contribution in [1.29, 1.82) is 5.26 Å². The van der Waals surface area contributed by atoms with E-state index in [4.69, 9.17) is 10.00 Å². The van der Waals surface area contributed by atoms with E-state index < -0.39 is 0 Å². The summed E-state index contributed by atoms with van der Waals surface area (Å²) < 4.78 is 6.09. The summed E-state index contributed by atoms with van der Waals surface area (Å²) in [7, 11) is 2.13. The first-order chi connectivity index (χ1) is 9.21. The lowest BCUT2D eigenvalue weighted by atomic mass is 10.0. The van der Waals surface area contributed by atoms with E-state index in [2.05, 4.69) is 31.0 Å². The molecule has 2 atom stereocenters. The lowest BCUT2D eigenvalue weighted by Gasteiger charge is -2.19. The number of nitriles is 1. The van der Waals surface area contributed by atoms with Gasteiger partial charge in [0.05, 0.1) is 23.8 Å². The Kier molecular flexibility index (Phi) is 4.95. The summed E-state index contributed by atoms with van der Waals surface area (Å²) in [5.41, 5.74) is 1.94. The molecule has 1 saturated heterocycles. The van der Waals surface area contributed by atoms with E-state index in [9.17, 15) is 0 Å².